The summed E-state index contributed by atoms with van der Waals surface area (Å²) in [4.78, 5) is 67.1. The number of ether oxygens (including phenoxy) is 2. The van der Waals surface area contributed by atoms with Gasteiger partial charge >= 0.3 is 0 Å². The zero-order valence-corrected chi connectivity index (χ0v) is 39.7. The molecule has 4 amide bonds. The second-order valence-electron chi connectivity index (χ2n) is 17.8. The summed E-state index contributed by atoms with van der Waals surface area (Å²) in [5.74, 6) is -1.59. The van der Waals surface area contributed by atoms with Crippen LogP contribution in [0.25, 0.3) is 0 Å². The Labute approximate surface area is 374 Å². The first-order valence-corrected chi connectivity index (χ1v) is 23.1. The van der Waals surface area contributed by atoms with E-state index in [1.165, 1.54) is 11.3 Å². The largest absolute Gasteiger partial charge is 0.399 e. The predicted octanol–water partition coefficient (Wildman–Crippen LogP) is 6.34. The zero-order chi connectivity index (χ0) is 45.7. The molecule has 14 heteroatoms. The molecule has 1 fully saturated rings. The number of anilines is 1. The molecule has 0 radical (unpaired) electrons. The predicted molar refractivity (Wildman–Crippen MR) is 247 cm³/mol. The Hall–Kier alpha value is -4.37. The van der Waals surface area contributed by atoms with Crippen molar-refractivity contribution in [3.8, 4) is 0 Å². The third-order valence-electron chi connectivity index (χ3n) is 12.6. The number of nitrogens with zero attached hydrogens (tertiary/aromatic N) is 4. The number of nitrogens with two attached hydrogens (primary N) is 1. The Balaban J connectivity index is 1.48. The highest BCUT2D eigenvalue weighted by molar-refractivity contribution is 7.09. The molecule has 0 bridgehead atoms. The standard InChI is InChI=1S/C48H73N7O6S/c1-12-32(6)43(54(9)48(59)41(30(2)3)52-46(58)42(31(4)5)53(8)29-35-20-22-36(49)23-21-35)39(60-10)28-40(56)55-25-16-19-38(55)44(61-11)33(7)45(57)51-37(47-50-24-26-62-47)27-34-17-14-13-15-18-34/h13-15,17-18,20-24,26,30-33,37-39,41-44H,12,16,19,25,27-29,49H2,1-11H3,(H,51,57)(H,52,58)/t32-,33+,37-,38-,39+,41-,42?,43-,44+/m0/s1. The van der Waals surface area contributed by atoms with Gasteiger partial charge in [0.2, 0.25) is 23.6 Å². The number of likely N-dealkylation sites (tertiary alicyclic amines) is 1. The Morgan fingerprint density at radius 3 is 2.15 bits per heavy atom. The minimum Gasteiger partial charge on any atom is -0.399 e. The number of hydrogen-bond acceptors (Lipinski definition) is 10. The number of carbonyl (C=O) groups excluding carboxylic acids is 4. The average molecular weight is 876 g/mol. The topological polar surface area (TPSA) is 159 Å². The fourth-order valence-electron chi connectivity index (χ4n) is 9.06. The number of hydrogen-bond donors (Lipinski definition) is 3. The van der Waals surface area contributed by atoms with E-state index in [1.54, 1.807) is 32.4 Å². The third kappa shape index (κ3) is 13.1. The van der Waals surface area contributed by atoms with Gasteiger partial charge in [-0.05, 0) is 67.3 Å². The summed E-state index contributed by atoms with van der Waals surface area (Å²) in [6.07, 6.45) is 3.38. The number of likely N-dealkylation sites (N-methyl/N-ethyl adjacent to an activating group) is 2. The molecule has 2 aromatic carbocycles. The zero-order valence-electron chi connectivity index (χ0n) is 38.9. The number of rotatable bonds is 23. The molecule has 1 unspecified atom stereocenters. The SMILES string of the molecule is CC[C@H](C)[C@@H]([C@@H](CC(=O)N1CCC[C@H]1[C@H](OC)[C@@H](C)C(=O)N[C@@H](Cc1ccccc1)c1nccs1)OC)N(C)C(=O)[C@@H](NC(=O)C(C(C)C)N(C)Cc1ccc(N)cc1)C(C)C. The molecule has 342 valence electrons. The first-order chi connectivity index (χ1) is 29.5. The molecule has 0 spiro atoms. The van der Waals surface area contributed by atoms with E-state index in [0.717, 1.165) is 29.0 Å². The summed E-state index contributed by atoms with van der Waals surface area (Å²) >= 11 is 1.50. The number of amides is 4. The molecule has 0 saturated carbocycles. The highest BCUT2D eigenvalue weighted by atomic mass is 32.1. The number of nitrogen functional groups attached to an aromatic ring is 1. The van der Waals surface area contributed by atoms with E-state index >= 15 is 0 Å². The monoisotopic (exact) mass is 876 g/mol. The summed E-state index contributed by atoms with van der Waals surface area (Å²) in [5.41, 5.74) is 8.70. The molecule has 4 N–H and O–H groups in total. The van der Waals surface area contributed by atoms with Crippen LogP contribution in [0, 0.1) is 23.7 Å². The van der Waals surface area contributed by atoms with Crippen LogP contribution in [-0.4, -0.2) is 115 Å². The fourth-order valence-corrected chi connectivity index (χ4v) is 9.75. The van der Waals surface area contributed by atoms with Gasteiger partial charge in [-0.15, -0.1) is 11.3 Å². The molecule has 13 nitrogen and oxygen atoms in total. The number of benzene rings is 2. The van der Waals surface area contributed by atoms with Crippen molar-refractivity contribution in [1.82, 2.24) is 30.3 Å². The first-order valence-electron chi connectivity index (χ1n) is 22.2. The van der Waals surface area contributed by atoms with Crippen molar-refractivity contribution in [2.45, 2.75) is 130 Å². The second kappa shape index (κ2) is 23.9. The number of carbonyl (C=O) groups is 4. The van der Waals surface area contributed by atoms with E-state index < -0.39 is 36.3 Å². The molecule has 0 aliphatic carbocycles. The maximum absolute atomic E-state index is 14.6. The maximum atomic E-state index is 14.6. The molecule has 1 saturated heterocycles. The first kappa shape index (κ1) is 50.3. The van der Waals surface area contributed by atoms with Crippen LogP contribution in [0.2, 0.25) is 0 Å². The molecule has 62 heavy (non-hydrogen) atoms. The van der Waals surface area contributed by atoms with Crippen LogP contribution < -0.4 is 16.4 Å². The number of nitrogens with one attached hydrogen (secondary N) is 2. The Morgan fingerprint density at radius 2 is 1.58 bits per heavy atom. The second-order valence-corrected chi connectivity index (χ2v) is 18.7. The van der Waals surface area contributed by atoms with E-state index in [-0.39, 0.29) is 59.9 Å². The molecule has 1 aromatic heterocycles. The highest BCUT2D eigenvalue weighted by Crippen LogP contribution is 2.31. The van der Waals surface area contributed by atoms with Crippen molar-refractivity contribution in [2.75, 3.05) is 40.6 Å². The van der Waals surface area contributed by atoms with Gasteiger partial charge in [-0.25, -0.2) is 4.98 Å². The summed E-state index contributed by atoms with van der Waals surface area (Å²) in [7, 11) is 6.85. The number of thiazole rings is 1. The van der Waals surface area contributed by atoms with E-state index in [4.69, 9.17) is 15.2 Å². The Kier molecular flexibility index (Phi) is 19.4. The lowest BCUT2D eigenvalue weighted by Gasteiger charge is -2.41. The van der Waals surface area contributed by atoms with Gasteiger partial charge in [0.05, 0.1) is 48.7 Å². The van der Waals surface area contributed by atoms with Gasteiger partial charge in [-0.2, -0.15) is 0 Å². The van der Waals surface area contributed by atoms with Gasteiger partial charge in [-0.3, -0.25) is 24.1 Å². The molecule has 4 rings (SSSR count). The van der Waals surface area contributed by atoms with E-state index in [9.17, 15) is 19.2 Å². The van der Waals surface area contributed by atoms with Gasteiger partial charge in [0, 0.05) is 51.6 Å². The van der Waals surface area contributed by atoms with Crippen LogP contribution in [0.4, 0.5) is 5.69 Å². The summed E-state index contributed by atoms with van der Waals surface area (Å²) in [6.45, 7) is 14.9. The lowest BCUT2D eigenvalue weighted by molar-refractivity contribution is -0.148. The van der Waals surface area contributed by atoms with Gasteiger partial charge in [-0.1, -0.05) is 97.4 Å². The quantitative estimate of drug-likeness (QED) is 0.0925. The normalized spacial score (nSPS) is 18.2. The molecule has 1 aliphatic rings. The van der Waals surface area contributed by atoms with Crippen LogP contribution in [0.1, 0.15) is 96.3 Å². The number of methoxy groups -OCH3 is 2. The van der Waals surface area contributed by atoms with Crippen molar-refractivity contribution < 1.29 is 28.7 Å². The van der Waals surface area contributed by atoms with Crippen molar-refractivity contribution in [3.05, 3.63) is 82.3 Å². The molecule has 2 heterocycles. The lowest BCUT2D eigenvalue weighted by Crippen LogP contribution is -2.60. The Morgan fingerprint density at radius 1 is 0.903 bits per heavy atom. The van der Waals surface area contributed by atoms with Crippen molar-refractivity contribution in [3.63, 3.8) is 0 Å². The number of aromatic nitrogens is 1. The van der Waals surface area contributed by atoms with E-state index in [1.807, 2.05) is 111 Å². The van der Waals surface area contributed by atoms with Crippen LogP contribution in [-0.2, 0) is 41.6 Å². The average Bonchev–Trinajstić information content (AvgIpc) is 3.97. The van der Waals surface area contributed by atoms with Crippen molar-refractivity contribution in [1.29, 1.82) is 0 Å². The Bertz CT molecular complexity index is 1850. The fraction of sp³-hybridized carbons (Fsp3) is 0.604. The maximum Gasteiger partial charge on any atom is 0.245 e. The minimum absolute atomic E-state index is 0.0316. The van der Waals surface area contributed by atoms with E-state index in [2.05, 4.69) is 29.5 Å². The lowest BCUT2D eigenvalue weighted by atomic mass is 9.89. The molecule has 3 aromatic rings. The van der Waals surface area contributed by atoms with Gasteiger partial charge in [0.15, 0.2) is 0 Å². The van der Waals surface area contributed by atoms with Crippen molar-refractivity contribution >= 4 is 40.7 Å². The van der Waals surface area contributed by atoms with E-state index in [0.29, 0.717) is 31.6 Å². The summed E-state index contributed by atoms with van der Waals surface area (Å²) in [5, 5.41) is 9.10. The van der Waals surface area contributed by atoms with Crippen LogP contribution in [0.5, 0.6) is 0 Å². The van der Waals surface area contributed by atoms with Crippen LogP contribution in [0.3, 0.4) is 0 Å². The summed E-state index contributed by atoms with van der Waals surface area (Å²) < 4.78 is 12.2. The smallest absolute Gasteiger partial charge is 0.245 e. The molecular weight excluding hydrogens is 803 g/mol. The molecule has 1 aliphatic heterocycles. The summed E-state index contributed by atoms with van der Waals surface area (Å²) in [6, 6.07) is 15.2. The highest BCUT2D eigenvalue weighted by Gasteiger charge is 2.43. The van der Waals surface area contributed by atoms with Crippen LogP contribution >= 0.6 is 11.3 Å². The van der Waals surface area contributed by atoms with Gasteiger partial charge in [0.25, 0.3) is 0 Å². The van der Waals surface area contributed by atoms with Gasteiger partial charge in [0.1, 0.15) is 11.0 Å². The van der Waals surface area contributed by atoms with Crippen LogP contribution in [0.15, 0.2) is 66.2 Å². The van der Waals surface area contributed by atoms with Crippen molar-refractivity contribution in [2.24, 2.45) is 23.7 Å². The third-order valence-corrected chi connectivity index (χ3v) is 13.5. The van der Waals surface area contributed by atoms with Gasteiger partial charge < -0.3 is 35.6 Å². The molecular formula is C48H73N7O6S. The molecule has 9 atom stereocenters. The minimum atomic E-state index is -0.806.